The van der Waals surface area contributed by atoms with Crippen LogP contribution in [-0.2, 0) is 33.2 Å². The van der Waals surface area contributed by atoms with Crippen molar-refractivity contribution >= 4 is 0 Å². The Morgan fingerprint density at radius 2 is 0.644 bits per heavy atom. The highest BCUT2D eigenvalue weighted by Crippen LogP contribution is 2.34. The van der Waals surface area contributed by atoms with Gasteiger partial charge in [-0.3, -0.25) is 0 Å². The zero-order valence-electron chi connectivity index (χ0n) is 23.5. The van der Waals surface area contributed by atoms with Gasteiger partial charge in [-0.15, -0.1) is 0 Å². The van der Waals surface area contributed by atoms with E-state index in [0.29, 0.717) is 0 Å². The van der Waals surface area contributed by atoms with Crippen LogP contribution in [0.4, 0.5) is 0 Å². The third kappa shape index (κ3) is 7.44. The van der Waals surface area contributed by atoms with E-state index in [1.807, 2.05) is 0 Å². The minimum absolute atomic E-state index is 0.802. The van der Waals surface area contributed by atoms with Crippen LogP contribution in [0.3, 0.4) is 0 Å². The molecule has 4 aliphatic rings. The standard InChI is InChI=1S/C24H42O21/c25-1-5-9(29)13(33)14(34)22(40-5)44-19-11(31)7(3-27)42-24(16(19)36)45-20-12(32)8(4-28)41-23(17(20)37)43-18-10(30)6(2-26)39-21(38)15(18)35/h5-38H,1-4H2/t5-,6-,7-,8-,9-,10-,11-,12-,13+,14+,15-,16-,17-,18+,19+,20+,21?,22-,23-,24+/m1/s1. The lowest BCUT2D eigenvalue weighted by Gasteiger charge is -2.49. The quantitative estimate of drug-likeness (QED) is 0.103. The van der Waals surface area contributed by atoms with Gasteiger partial charge in [0.2, 0.25) is 0 Å². The van der Waals surface area contributed by atoms with Crippen LogP contribution >= 0.6 is 0 Å². The SMILES string of the molecule is OC[C@H]1O[C@H](O[C@@H]2[C@@H](O)[C@H](O[C@@H]3[C@@H](O)[C@@H](O[C@H]4[C@H](O)[C@@H](CO)OC(O)[C@@H]4O)O[C@H](CO)[C@H]3O)O[C@H](CO)[C@H]2O)[C@@H](O)[C@@H](O)[C@@H]1O. The summed E-state index contributed by atoms with van der Waals surface area (Å²) in [5.74, 6) is 0. The van der Waals surface area contributed by atoms with Crippen molar-refractivity contribution in [3.05, 3.63) is 0 Å². The Kier molecular flexibility index (Phi) is 12.8. The van der Waals surface area contributed by atoms with Crippen LogP contribution in [0.15, 0.2) is 0 Å². The smallest absolute Gasteiger partial charge is 0.187 e. The van der Waals surface area contributed by atoms with Gasteiger partial charge in [0, 0.05) is 0 Å². The van der Waals surface area contributed by atoms with E-state index in [0.717, 1.165) is 0 Å². The Morgan fingerprint density at radius 3 is 1.02 bits per heavy atom. The van der Waals surface area contributed by atoms with Gasteiger partial charge in [-0.2, -0.15) is 0 Å². The molecule has 45 heavy (non-hydrogen) atoms. The van der Waals surface area contributed by atoms with Crippen molar-refractivity contribution in [1.29, 1.82) is 0 Å². The maximum absolute atomic E-state index is 11.1. The summed E-state index contributed by atoms with van der Waals surface area (Å²) in [5, 5.41) is 143. The maximum Gasteiger partial charge on any atom is 0.187 e. The van der Waals surface area contributed by atoms with Gasteiger partial charge in [-0.05, 0) is 0 Å². The Morgan fingerprint density at radius 1 is 0.333 bits per heavy atom. The molecule has 21 nitrogen and oxygen atoms in total. The minimum atomic E-state index is -2.05. The summed E-state index contributed by atoms with van der Waals surface area (Å²) >= 11 is 0. The number of aliphatic hydroxyl groups excluding tert-OH is 14. The van der Waals surface area contributed by atoms with E-state index in [1.54, 1.807) is 0 Å². The van der Waals surface area contributed by atoms with Crippen molar-refractivity contribution in [1.82, 2.24) is 0 Å². The molecule has 0 amide bonds. The third-order valence-electron chi connectivity index (χ3n) is 8.21. The number of rotatable bonds is 10. The predicted molar refractivity (Wildman–Crippen MR) is 134 cm³/mol. The van der Waals surface area contributed by atoms with Gasteiger partial charge in [0.05, 0.1) is 26.4 Å². The van der Waals surface area contributed by atoms with Crippen molar-refractivity contribution in [2.75, 3.05) is 26.4 Å². The Hall–Kier alpha value is -0.840. The molecule has 4 rings (SSSR count). The van der Waals surface area contributed by atoms with Crippen molar-refractivity contribution in [3.63, 3.8) is 0 Å². The predicted octanol–water partition coefficient (Wildman–Crippen LogP) is -9.75. The molecule has 1 unspecified atom stereocenters. The molecule has 4 heterocycles. The number of hydrogen-bond donors (Lipinski definition) is 14. The number of ether oxygens (including phenoxy) is 7. The lowest BCUT2D eigenvalue weighted by atomic mass is 9.95. The summed E-state index contributed by atoms with van der Waals surface area (Å²) in [6.07, 6.45) is -36.1. The van der Waals surface area contributed by atoms with Crippen LogP contribution in [-0.4, -0.2) is 221 Å². The molecule has 264 valence electrons. The van der Waals surface area contributed by atoms with E-state index >= 15 is 0 Å². The average Bonchev–Trinajstić information content (AvgIpc) is 3.02. The van der Waals surface area contributed by atoms with Crippen LogP contribution in [0.25, 0.3) is 0 Å². The Bertz CT molecular complexity index is 916. The lowest BCUT2D eigenvalue weighted by molar-refractivity contribution is -0.389. The zero-order valence-corrected chi connectivity index (χ0v) is 23.5. The molecule has 0 spiro atoms. The van der Waals surface area contributed by atoms with Gasteiger partial charge in [0.1, 0.15) is 97.7 Å². The topological polar surface area (TPSA) is 348 Å². The number of aliphatic hydroxyl groups is 14. The molecule has 4 aliphatic heterocycles. The first-order chi connectivity index (χ1) is 21.3. The molecule has 4 fully saturated rings. The van der Waals surface area contributed by atoms with Crippen molar-refractivity contribution in [2.45, 2.75) is 123 Å². The van der Waals surface area contributed by atoms with E-state index in [1.165, 1.54) is 0 Å². The largest absolute Gasteiger partial charge is 0.394 e. The zero-order chi connectivity index (χ0) is 33.3. The van der Waals surface area contributed by atoms with E-state index in [2.05, 4.69) is 0 Å². The van der Waals surface area contributed by atoms with Gasteiger partial charge in [-0.1, -0.05) is 0 Å². The summed E-state index contributed by atoms with van der Waals surface area (Å²) in [6.45, 7) is -3.42. The van der Waals surface area contributed by atoms with Crippen molar-refractivity contribution in [3.8, 4) is 0 Å². The first-order valence-electron chi connectivity index (χ1n) is 14.1. The molecule has 0 bridgehead atoms. The van der Waals surface area contributed by atoms with Gasteiger partial charge in [0.15, 0.2) is 25.2 Å². The van der Waals surface area contributed by atoms with Gasteiger partial charge in [-0.25, -0.2) is 0 Å². The van der Waals surface area contributed by atoms with Gasteiger partial charge in [0.25, 0.3) is 0 Å². The van der Waals surface area contributed by atoms with Crippen LogP contribution in [0.1, 0.15) is 0 Å². The highest BCUT2D eigenvalue weighted by atomic mass is 16.8. The first kappa shape index (κ1) is 37.0. The van der Waals surface area contributed by atoms with Crippen molar-refractivity contribution < 1.29 is 105 Å². The Balaban J connectivity index is 1.53. The molecule has 0 saturated carbocycles. The second-order valence-electron chi connectivity index (χ2n) is 11.1. The fourth-order valence-electron chi connectivity index (χ4n) is 5.53. The average molecular weight is 667 g/mol. The summed E-state index contributed by atoms with van der Waals surface area (Å²) in [6, 6.07) is 0. The molecular weight excluding hydrogens is 624 g/mol. The normalized spacial score (nSPS) is 52.9. The molecule has 0 aromatic rings. The number of hydrogen-bond acceptors (Lipinski definition) is 21. The van der Waals surface area contributed by atoms with E-state index in [-0.39, 0.29) is 0 Å². The highest BCUT2D eigenvalue weighted by molar-refractivity contribution is 4.97. The van der Waals surface area contributed by atoms with Crippen LogP contribution in [0, 0.1) is 0 Å². The van der Waals surface area contributed by atoms with Crippen LogP contribution in [0.5, 0.6) is 0 Å². The third-order valence-corrected chi connectivity index (χ3v) is 8.21. The van der Waals surface area contributed by atoms with Crippen LogP contribution in [0.2, 0.25) is 0 Å². The van der Waals surface area contributed by atoms with Crippen molar-refractivity contribution in [2.24, 2.45) is 0 Å². The summed E-state index contributed by atoms with van der Waals surface area (Å²) in [5.41, 5.74) is 0. The molecular formula is C24H42O21. The summed E-state index contributed by atoms with van der Waals surface area (Å²) in [4.78, 5) is 0. The monoisotopic (exact) mass is 666 g/mol. The summed E-state index contributed by atoms with van der Waals surface area (Å²) in [7, 11) is 0. The van der Waals surface area contributed by atoms with E-state index < -0.39 is 149 Å². The molecule has 20 atom stereocenters. The van der Waals surface area contributed by atoms with Crippen LogP contribution < -0.4 is 0 Å². The molecule has 0 radical (unpaired) electrons. The maximum atomic E-state index is 11.1. The fourth-order valence-corrected chi connectivity index (χ4v) is 5.53. The molecule has 21 heteroatoms. The molecule has 0 aromatic carbocycles. The second-order valence-corrected chi connectivity index (χ2v) is 11.1. The lowest BCUT2D eigenvalue weighted by Crippen LogP contribution is -2.67. The second kappa shape index (κ2) is 15.6. The Labute approximate surface area is 254 Å². The highest BCUT2D eigenvalue weighted by Gasteiger charge is 2.55. The minimum Gasteiger partial charge on any atom is -0.394 e. The van der Waals surface area contributed by atoms with E-state index in [4.69, 9.17) is 33.2 Å². The van der Waals surface area contributed by atoms with E-state index in [9.17, 15) is 71.5 Å². The first-order valence-corrected chi connectivity index (χ1v) is 14.1. The molecule has 0 aliphatic carbocycles. The molecule has 0 aromatic heterocycles. The van der Waals surface area contributed by atoms with Gasteiger partial charge >= 0.3 is 0 Å². The molecule has 4 saturated heterocycles. The summed E-state index contributed by atoms with van der Waals surface area (Å²) < 4.78 is 37.5. The molecule has 14 N–H and O–H groups in total. The fraction of sp³-hybridized carbons (Fsp3) is 1.00. The van der Waals surface area contributed by atoms with Gasteiger partial charge < -0.3 is 105 Å².